The van der Waals surface area contributed by atoms with Gasteiger partial charge in [-0.2, -0.15) is 0 Å². The zero-order valence-electron chi connectivity index (χ0n) is 15.0. The summed E-state index contributed by atoms with van der Waals surface area (Å²) in [6.07, 6.45) is 3.35. The molecular formula is C18H22N4O5. The van der Waals surface area contributed by atoms with Crippen LogP contribution in [-0.2, 0) is 4.74 Å². The molecular weight excluding hydrogens is 352 g/mol. The molecule has 1 saturated heterocycles. The zero-order valence-corrected chi connectivity index (χ0v) is 15.0. The van der Waals surface area contributed by atoms with Crippen LogP contribution in [0.1, 0.15) is 24.7 Å². The third kappa shape index (κ3) is 4.89. The Morgan fingerprint density at radius 2 is 2.04 bits per heavy atom. The topological polar surface area (TPSA) is 111 Å². The van der Waals surface area contributed by atoms with Crippen molar-refractivity contribution >= 4 is 11.6 Å². The molecule has 0 bridgehead atoms. The summed E-state index contributed by atoms with van der Waals surface area (Å²) in [5.41, 5.74) is 0.544. The van der Waals surface area contributed by atoms with Crippen LogP contribution < -0.4 is 9.64 Å². The summed E-state index contributed by atoms with van der Waals surface area (Å²) in [5, 5.41) is 20.4. The maximum Gasteiger partial charge on any atom is 0.305 e. The average Bonchev–Trinajstić information content (AvgIpc) is 2.72. The van der Waals surface area contributed by atoms with E-state index in [1.54, 1.807) is 12.1 Å². The van der Waals surface area contributed by atoms with Crippen molar-refractivity contribution in [2.24, 2.45) is 5.92 Å². The Morgan fingerprint density at radius 3 is 2.67 bits per heavy atom. The van der Waals surface area contributed by atoms with Gasteiger partial charge in [-0.05, 0) is 30.9 Å². The maximum atomic E-state index is 10.7. The first-order valence-electron chi connectivity index (χ1n) is 8.72. The van der Waals surface area contributed by atoms with Crippen molar-refractivity contribution in [1.82, 2.24) is 9.97 Å². The van der Waals surface area contributed by atoms with Gasteiger partial charge in [-0.3, -0.25) is 10.1 Å². The van der Waals surface area contributed by atoms with Crippen LogP contribution in [0.3, 0.4) is 0 Å². The molecule has 9 heteroatoms. The third-order valence-electron chi connectivity index (χ3n) is 4.58. The Labute approximate surface area is 156 Å². The molecule has 1 N–H and O–H groups in total. The number of rotatable bonds is 7. The first-order valence-corrected chi connectivity index (χ1v) is 8.72. The van der Waals surface area contributed by atoms with Gasteiger partial charge in [-0.15, -0.1) is 0 Å². The highest BCUT2D eigenvalue weighted by atomic mass is 16.6. The molecule has 0 aliphatic carbocycles. The molecule has 2 aromatic rings. The van der Waals surface area contributed by atoms with Gasteiger partial charge in [0.2, 0.25) is 5.95 Å². The summed E-state index contributed by atoms with van der Waals surface area (Å²) in [5.74, 6) is 1.61. The van der Waals surface area contributed by atoms with Gasteiger partial charge in [0.1, 0.15) is 18.1 Å². The number of aromatic nitrogens is 2. The molecule has 0 amide bonds. The predicted molar refractivity (Wildman–Crippen MR) is 97.5 cm³/mol. The van der Waals surface area contributed by atoms with Crippen LogP contribution in [-0.4, -0.2) is 46.8 Å². The number of aliphatic hydroxyl groups is 1. The van der Waals surface area contributed by atoms with Gasteiger partial charge in [0.15, 0.2) is 6.29 Å². The number of nitro groups is 1. The van der Waals surface area contributed by atoms with Crippen LogP contribution in [0, 0.1) is 16.0 Å². The Morgan fingerprint density at radius 1 is 1.33 bits per heavy atom. The number of hydrogen-bond donors (Lipinski definition) is 1. The van der Waals surface area contributed by atoms with E-state index < -0.39 is 11.2 Å². The number of methoxy groups -OCH3 is 1. The second-order valence-electron chi connectivity index (χ2n) is 6.40. The Balaban J connectivity index is 1.49. The van der Waals surface area contributed by atoms with E-state index in [0.29, 0.717) is 29.8 Å². The maximum absolute atomic E-state index is 10.7. The van der Waals surface area contributed by atoms with Crippen LogP contribution in [0.25, 0.3) is 0 Å². The van der Waals surface area contributed by atoms with E-state index in [2.05, 4.69) is 9.97 Å². The number of benzene rings is 1. The Hall–Kier alpha value is -2.78. The summed E-state index contributed by atoms with van der Waals surface area (Å²) >= 11 is 0. The Bertz CT molecular complexity index is 763. The molecule has 3 rings (SSSR count). The molecule has 0 saturated carbocycles. The van der Waals surface area contributed by atoms with Gasteiger partial charge in [-0.25, -0.2) is 9.97 Å². The molecule has 9 nitrogen and oxygen atoms in total. The van der Waals surface area contributed by atoms with Crippen molar-refractivity contribution in [2.75, 3.05) is 31.7 Å². The van der Waals surface area contributed by atoms with E-state index in [4.69, 9.17) is 9.47 Å². The van der Waals surface area contributed by atoms with Crippen LogP contribution in [0.4, 0.5) is 11.6 Å². The van der Waals surface area contributed by atoms with Crippen molar-refractivity contribution < 1.29 is 19.5 Å². The highest BCUT2D eigenvalue weighted by Gasteiger charge is 2.22. The van der Waals surface area contributed by atoms with Crippen molar-refractivity contribution in [3.63, 3.8) is 0 Å². The smallest absolute Gasteiger partial charge is 0.305 e. The summed E-state index contributed by atoms with van der Waals surface area (Å²) in [6.45, 7) is 2.13. The van der Waals surface area contributed by atoms with Crippen molar-refractivity contribution in [1.29, 1.82) is 0 Å². The number of aliphatic hydroxyl groups excluding tert-OH is 1. The van der Waals surface area contributed by atoms with E-state index in [-0.39, 0.29) is 5.69 Å². The Kier molecular flexibility index (Phi) is 6.15. The summed E-state index contributed by atoms with van der Waals surface area (Å²) in [7, 11) is 1.45. The molecule has 1 atom stereocenters. The number of hydrogen-bond acceptors (Lipinski definition) is 8. The lowest BCUT2D eigenvalue weighted by molar-refractivity contribution is -0.385. The molecule has 1 aliphatic heterocycles. The van der Waals surface area contributed by atoms with Gasteiger partial charge < -0.3 is 19.5 Å². The number of ether oxygens (including phenoxy) is 2. The van der Waals surface area contributed by atoms with E-state index in [1.807, 2.05) is 17.0 Å². The van der Waals surface area contributed by atoms with Gasteiger partial charge in [0, 0.05) is 25.8 Å². The van der Waals surface area contributed by atoms with Gasteiger partial charge >= 0.3 is 5.69 Å². The first kappa shape index (κ1) is 19.0. The van der Waals surface area contributed by atoms with Crippen molar-refractivity contribution in [3.8, 4) is 5.75 Å². The minimum absolute atomic E-state index is 0.108. The minimum Gasteiger partial charge on any atom is -0.493 e. The van der Waals surface area contributed by atoms with Gasteiger partial charge in [0.25, 0.3) is 0 Å². The number of piperidine rings is 1. The predicted octanol–water partition coefficient (Wildman–Crippen LogP) is 2.32. The monoisotopic (exact) mass is 374 g/mol. The van der Waals surface area contributed by atoms with Gasteiger partial charge in [-0.1, -0.05) is 12.1 Å². The second kappa shape index (κ2) is 8.74. The standard InChI is InChI=1S/C18H22N4O5/c1-26-17(23)14-3-2-4-16(9-14)27-12-13-5-7-21(8-6-13)18-19-10-15(11-20-18)22(24)25/h2-4,9-11,13,17,23H,5-8,12H2,1H3. The SMILES string of the molecule is COC(O)c1cccc(OCC2CCN(c3ncc([N+](=O)[O-])cn3)CC2)c1. The molecule has 0 spiro atoms. The molecule has 144 valence electrons. The quantitative estimate of drug-likeness (QED) is 0.446. The molecule has 1 aromatic heterocycles. The van der Waals surface area contributed by atoms with Gasteiger partial charge in [0.05, 0.1) is 11.5 Å². The van der Waals surface area contributed by atoms with Crippen LogP contribution in [0.2, 0.25) is 0 Å². The summed E-state index contributed by atoms with van der Waals surface area (Å²) in [6, 6.07) is 7.23. The normalized spacial score (nSPS) is 16.1. The largest absolute Gasteiger partial charge is 0.493 e. The van der Waals surface area contributed by atoms with Crippen LogP contribution >= 0.6 is 0 Å². The highest BCUT2D eigenvalue weighted by molar-refractivity contribution is 5.34. The first-order chi connectivity index (χ1) is 13.1. The fourth-order valence-corrected chi connectivity index (χ4v) is 2.98. The average molecular weight is 374 g/mol. The van der Waals surface area contributed by atoms with Crippen molar-refractivity contribution in [2.45, 2.75) is 19.1 Å². The highest BCUT2D eigenvalue weighted by Crippen LogP contribution is 2.24. The number of anilines is 1. The fourth-order valence-electron chi connectivity index (χ4n) is 2.98. The second-order valence-corrected chi connectivity index (χ2v) is 6.40. The van der Waals surface area contributed by atoms with E-state index in [1.165, 1.54) is 19.5 Å². The fraction of sp³-hybridized carbons (Fsp3) is 0.444. The molecule has 0 radical (unpaired) electrons. The molecule has 1 unspecified atom stereocenters. The van der Waals surface area contributed by atoms with E-state index >= 15 is 0 Å². The van der Waals surface area contributed by atoms with Crippen LogP contribution in [0.15, 0.2) is 36.7 Å². The van der Waals surface area contributed by atoms with Crippen LogP contribution in [0.5, 0.6) is 5.75 Å². The summed E-state index contributed by atoms with van der Waals surface area (Å²) in [4.78, 5) is 20.4. The molecule has 1 aliphatic rings. The lowest BCUT2D eigenvalue weighted by Crippen LogP contribution is -2.36. The van der Waals surface area contributed by atoms with Crippen molar-refractivity contribution in [3.05, 3.63) is 52.3 Å². The minimum atomic E-state index is -0.960. The lowest BCUT2D eigenvalue weighted by atomic mass is 9.98. The third-order valence-corrected chi connectivity index (χ3v) is 4.58. The zero-order chi connectivity index (χ0) is 19.2. The molecule has 1 aromatic carbocycles. The lowest BCUT2D eigenvalue weighted by Gasteiger charge is -2.31. The van der Waals surface area contributed by atoms with E-state index in [0.717, 1.165) is 25.9 Å². The molecule has 2 heterocycles. The number of nitrogens with zero attached hydrogens (tertiary/aromatic N) is 4. The van der Waals surface area contributed by atoms with E-state index in [9.17, 15) is 15.2 Å². The molecule has 1 fully saturated rings. The molecule has 27 heavy (non-hydrogen) atoms. The summed E-state index contributed by atoms with van der Waals surface area (Å²) < 4.78 is 10.8.